The van der Waals surface area contributed by atoms with Crippen LogP contribution in [0.2, 0.25) is 0 Å². The van der Waals surface area contributed by atoms with Crippen LogP contribution in [-0.4, -0.2) is 14.1 Å². The van der Waals surface area contributed by atoms with Crippen molar-refractivity contribution in [3.63, 3.8) is 0 Å². The summed E-state index contributed by atoms with van der Waals surface area (Å²) in [6.07, 6.45) is 1.88. The van der Waals surface area contributed by atoms with Crippen molar-refractivity contribution < 1.29 is 0 Å². The van der Waals surface area contributed by atoms with Gasteiger partial charge < -0.3 is 9.13 Å². The van der Waals surface area contributed by atoms with Gasteiger partial charge in [-0.05, 0) is 106 Å². The van der Waals surface area contributed by atoms with Crippen LogP contribution in [-0.2, 0) is 0 Å². The first kappa shape index (κ1) is 28.3. The number of hydrogen-bond donors (Lipinski definition) is 0. The standard InChI is InChI=1S/C47H31N3/c1-2-17-38(18-3-1)49-45-26-25-37(31-42(45)47-46(49)24-11-27-48-47)35-15-9-13-33(29-35)32-12-8-14-34(28-32)36-16-10-19-39(30-36)50-43-22-6-4-20-40(43)41-21-5-7-23-44(41)50/h1-31H. The molecule has 234 valence electrons. The Morgan fingerprint density at radius 1 is 0.300 bits per heavy atom. The van der Waals surface area contributed by atoms with Crippen LogP contribution in [0, 0.1) is 0 Å². The molecule has 3 nitrogen and oxygen atoms in total. The number of aromatic nitrogens is 3. The highest BCUT2D eigenvalue weighted by Gasteiger charge is 2.15. The van der Waals surface area contributed by atoms with Crippen molar-refractivity contribution in [1.82, 2.24) is 14.1 Å². The van der Waals surface area contributed by atoms with E-state index in [1.165, 1.54) is 55.2 Å². The first-order valence-electron chi connectivity index (χ1n) is 17.0. The normalized spacial score (nSPS) is 11.6. The molecule has 0 fully saturated rings. The molecule has 7 aromatic carbocycles. The van der Waals surface area contributed by atoms with Crippen molar-refractivity contribution in [3.05, 3.63) is 188 Å². The molecule has 3 heteroatoms. The van der Waals surface area contributed by atoms with Crippen molar-refractivity contribution in [2.24, 2.45) is 0 Å². The highest BCUT2D eigenvalue weighted by atomic mass is 15.0. The highest BCUT2D eigenvalue weighted by Crippen LogP contribution is 2.37. The molecule has 0 aliphatic heterocycles. The zero-order chi connectivity index (χ0) is 33.0. The van der Waals surface area contributed by atoms with Crippen LogP contribution in [0.5, 0.6) is 0 Å². The summed E-state index contributed by atoms with van der Waals surface area (Å²) in [6.45, 7) is 0. The first-order chi connectivity index (χ1) is 24.8. The molecule has 0 N–H and O–H groups in total. The van der Waals surface area contributed by atoms with Crippen LogP contribution in [0.25, 0.3) is 88.5 Å². The maximum Gasteiger partial charge on any atom is 0.0963 e. The van der Waals surface area contributed by atoms with E-state index in [2.05, 4.69) is 185 Å². The van der Waals surface area contributed by atoms with Crippen LogP contribution in [0.3, 0.4) is 0 Å². The van der Waals surface area contributed by atoms with Gasteiger partial charge in [0.15, 0.2) is 0 Å². The van der Waals surface area contributed by atoms with Gasteiger partial charge in [0.25, 0.3) is 0 Å². The molecule has 0 aliphatic rings. The van der Waals surface area contributed by atoms with E-state index in [4.69, 9.17) is 4.98 Å². The van der Waals surface area contributed by atoms with Crippen molar-refractivity contribution >= 4 is 43.7 Å². The molecule has 0 bridgehead atoms. The molecule has 0 aliphatic carbocycles. The molecule has 0 saturated carbocycles. The van der Waals surface area contributed by atoms with Gasteiger partial charge in [-0.25, -0.2) is 0 Å². The van der Waals surface area contributed by atoms with Gasteiger partial charge in [0.1, 0.15) is 0 Å². The van der Waals surface area contributed by atoms with E-state index in [0.717, 1.165) is 33.3 Å². The second-order valence-corrected chi connectivity index (χ2v) is 12.9. The lowest BCUT2D eigenvalue weighted by Gasteiger charge is -2.12. The summed E-state index contributed by atoms with van der Waals surface area (Å²) in [6, 6.07) is 65.5. The van der Waals surface area contributed by atoms with E-state index in [0.29, 0.717) is 0 Å². The van der Waals surface area contributed by atoms with E-state index in [9.17, 15) is 0 Å². The van der Waals surface area contributed by atoms with Crippen LogP contribution in [0.1, 0.15) is 0 Å². The average Bonchev–Trinajstić information content (AvgIpc) is 3.71. The molecule has 0 saturated heterocycles. The third-order valence-corrected chi connectivity index (χ3v) is 9.94. The summed E-state index contributed by atoms with van der Waals surface area (Å²) < 4.78 is 4.69. The molecule has 10 aromatic rings. The van der Waals surface area contributed by atoms with Crippen LogP contribution in [0.15, 0.2) is 188 Å². The van der Waals surface area contributed by atoms with Gasteiger partial charge in [-0.2, -0.15) is 0 Å². The van der Waals surface area contributed by atoms with Gasteiger partial charge in [-0.3, -0.25) is 4.98 Å². The minimum atomic E-state index is 1.01. The van der Waals surface area contributed by atoms with Crippen molar-refractivity contribution in [2.45, 2.75) is 0 Å². The largest absolute Gasteiger partial charge is 0.309 e. The lowest BCUT2D eigenvalue weighted by Crippen LogP contribution is -1.94. The predicted octanol–water partition coefficient (Wildman–Crippen LogP) is 12.3. The summed E-state index contributed by atoms with van der Waals surface area (Å²) in [5, 5.41) is 3.69. The van der Waals surface area contributed by atoms with Gasteiger partial charge in [0.05, 0.1) is 27.6 Å². The van der Waals surface area contributed by atoms with E-state index < -0.39 is 0 Å². The monoisotopic (exact) mass is 637 g/mol. The Hall–Kier alpha value is -6.71. The molecule has 0 unspecified atom stereocenters. The number of nitrogens with zero attached hydrogens (tertiary/aromatic N) is 3. The molecule has 10 rings (SSSR count). The predicted molar refractivity (Wildman–Crippen MR) is 209 cm³/mol. The number of benzene rings is 7. The smallest absolute Gasteiger partial charge is 0.0963 e. The summed E-state index contributed by atoms with van der Waals surface area (Å²) >= 11 is 0. The minimum Gasteiger partial charge on any atom is -0.309 e. The Bertz CT molecular complexity index is 2820. The number of fused-ring (bicyclic) bond motifs is 6. The molecule has 3 aromatic heterocycles. The third kappa shape index (κ3) is 4.56. The molecule has 50 heavy (non-hydrogen) atoms. The minimum absolute atomic E-state index is 1.01. The van der Waals surface area contributed by atoms with Crippen LogP contribution < -0.4 is 0 Å². The van der Waals surface area contributed by atoms with Crippen molar-refractivity contribution in [2.75, 3.05) is 0 Å². The highest BCUT2D eigenvalue weighted by molar-refractivity contribution is 6.10. The van der Waals surface area contributed by atoms with Crippen LogP contribution >= 0.6 is 0 Å². The number of pyridine rings is 1. The maximum absolute atomic E-state index is 4.82. The van der Waals surface area contributed by atoms with Crippen molar-refractivity contribution in [3.8, 4) is 44.8 Å². The Kier molecular flexibility index (Phi) is 6.49. The van der Waals surface area contributed by atoms with Gasteiger partial charge in [0.2, 0.25) is 0 Å². The van der Waals surface area contributed by atoms with Gasteiger partial charge in [-0.1, -0.05) is 109 Å². The Morgan fingerprint density at radius 3 is 1.44 bits per heavy atom. The molecular formula is C47H31N3. The lowest BCUT2D eigenvalue weighted by molar-refractivity contribution is 1.18. The fourth-order valence-electron chi connectivity index (χ4n) is 7.65. The third-order valence-electron chi connectivity index (χ3n) is 9.94. The number of rotatable bonds is 5. The maximum atomic E-state index is 4.82. The second-order valence-electron chi connectivity index (χ2n) is 12.9. The quantitative estimate of drug-likeness (QED) is 0.184. The average molecular weight is 638 g/mol. The zero-order valence-electron chi connectivity index (χ0n) is 27.2. The summed E-state index contributed by atoms with van der Waals surface area (Å²) in [4.78, 5) is 4.82. The topological polar surface area (TPSA) is 22.8 Å². The molecule has 0 radical (unpaired) electrons. The second kappa shape index (κ2) is 11.5. The van der Waals surface area contributed by atoms with E-state index in [1.54, 1.807) is 0 Å². The van der Waals surface area contributed by atoms with Crippen LogP contribution in [0.4, 0.5) is 0 Å². The summed E-state index contributed by atoms with van der Waals surface area (Å²) in [7, 11) is 0. The Balaban J connectivity index is 1.04. The molecular weight excluding hydrogens is 607 g/mol. The fraction of sp³-hybridized carbons (Fsp3) is 0. The van der Waals surface area contributed by atoms with E-state index >= 15 is 0 Å². The Labute approximate surface area is 290 Å². The summed E-state index contributed by atoms with van der Waals surface area (Å²) in [5.74, 6) is 0. The molecule has 0 amide bonds. The fourth-order valence-corrected chi connectivity index (χ4v) is 7.65. The molecule has 0 spiro atoms. The Morgan fingerprint density at radius 2 is 0.780 bits per heavy atom. The number of para-hydroxylation sites is 3. The first-order valence-corrected chi connectivity index (χ1v) is 17.0. The van der Waals surface area contributed by atoms with E-state index in [1.807, 2.05) is 12.3 Å². The van der Waals surface area contributed by atoms with Gasteiger partial charge >= 0.3 is 0 Å². The van der Waals surface area contributed by atoms with Gasteiger partial charge in [0, 0.05) is 33.7 Å². The molecule has 0 atom stereocenters. The lowest BCUT2D eigenvalue weighted by atomic mass is 9.95. The van der Waals surface area contributed by atoms with Crippen molar-refractivity contribution in [1.29, 1.82) is 0 Å². The zero-order valence-corrected chi connectivity index (χ0v) is 27.2. The number of hydrogen-bond acceptors (Lipinski definition) is 1. The van der Waals surface area contributed by atoms with Gasteiger partial charge in [-0.15, -0.1) is 0 Å². The summed E-state index contributed by atoms with van der Waals surface area (Å²) in [5.41, 5.74) is 15.1. The van der Waals surface area contributed by atoms with E-state index in [-0.39, 0.29) is 0 Å². The molecule has 3 heterocycles. The SMILES string of the molecule is c1ccc(-n2c3ccc(-c4cccc(-c5cccc(-c6cccc(-n7c8ccccc8c8ccccc87)c6)c5)c4)cc3c3ncccc32)cc1.